The van der Waals surface area contributed by atoms with Crippen LogP contribution in [0.2, 0.25) is 0 Å². The number of aryl methyl sites for hydroxylation is 2. The lowest BCUT2D eigenvalue weighted by molar-refractivity contribution is -0.121. The van der Waals surface area contributed by atoms with Crippen LogP contribution in [-0.2, 0) is 11.3 Å². The van der Waals surface area contributed by atoms with Crippen molar-refractivity contribution in [2.24, 2.45) is 5.92 Å². The van der Waals surface area contributed by atoms with Crippen LogP contribution in [0.15, 0.2) is 29.0 Å². The smallest absolute Gasteiger partial charge is 0.317 e. The molecule has 3 heterocycles. The Kier molecular flexibility index (Phi) is 5.88. The SMILES string of the molecule is Cc1cc(NC(=O)C2CCN(C(=O)NCCCn3cccn3)CC2)no1. The monoisotopic (exact) mass is 360 g/mol. The highest BCUT2D eigenvalue weighted by Gasteiger charge is 2.27. The highest BCUT2D eigenvalue weighted by atomic mass is 16.5. The summed E-state index contributed by atoms with van der Waals surface area (Å²) in [5, 5.41) is 13.6. The quantitative estimate of drug-likeness (QED) is 0.762. The second-order valence-corrected chi connectivity index (χ2v) is 6.43. The van der Waals surface area contributed by atoms with Gasteiger partial charge in [-0.2, -0.15) is 5.10 Å². The third-order valence-corrected chi connectivity index (χ3v) is 4.43. The Morgan fingerprint density at radius 1 is 1.35 bits per heavy atom. The van der Waals surface area contributed by atoms with Gasteiger partial charge in [-0.25, -0.2) is 4.79 Å². The van der Waals surface area contributed by atoms with Gasteiger partial charge in [-0.3, -0.25) is 9.48 Å². The predicted octanol–water partition coefficient (Wildman–Crippen LogP) is 1.63. The molecule has 1 aliphatic heterocycles. The lowest BCUT2D eigenvalue weighted by atomic mass is 9.96. The molecule has 140 valence electrons. The van der Waals surface area contributed by atoms with E-state index in [9.17, 15) is 9.59 Å². The van der Waals surface area contributed by atoms with Gasteiger partial charge in [0, 0.05) is 50.6 Å². The zero-order valence-electron chi connectivity index (χ0n) is 14.9. The highest BCUT2D eigenvalue weighted by molar-refractivity contribution is 5.91. The Hall–Kier alpha value is -2.84. The number of aromatic nitrogens is 3. The zero-order chi connectivity index (χ0) is 18.4. The van der Waals surface area contributed by atoms with Gasteiger partial charge in [-0.15, -0.1) is 0 Å². The van der Waals surface area contributed by atoms with Crippen molar-refractivity contribution in [2.75, 3.05) is 25.0 Å². The molecule has 1 aliphatic rings. The van der Waals surface area contributed by atoms with Gasteiger partial charge in [0.15, 0.2) is 5.82 Å². The molecule has 0 bridgehead atoms. The molecule has 0 atom stereocenters. The second kappa shape index (κ2) is 8.50. The van der Waals surface area contributed by atoms with Gasteiger partial charge in [-0.05, 0) is 32.3 Å². The van der Waals surface area contributed by atoms with E-state index in [1.807, 2.05) is 16.9 Å². The molecule has 0 saturated carbocycles. The molecule has 0 radical (unpaired) electrons. The number of hydrogen-bond donors (Lipinski definition) is 2. The van der Waals surface area contributed by atoms with Gasteiger partial charge in [-0.1, -0.05) is 5.16 Å². The predicted molar refractivity (Wildman–Crippen MR) is 94.4 cm³/mol. The summed E-state index contributed by atoms with van der Waals surface area (Å²) in [5.41, 5.74) is 0. The molecule has 1 saturated heterocycles. The Bertz CT molecular complexity index is 719. The number of carbonyl (C=O) groups excluding carboxylic acids is 2. The maximum atomic E-state index is 12.3. The molecule has 26 heavy (non-hydrogen) atoms. The number of piperidine rings is 1. The first-order valence-corrected chi connectivity index (χ1v) is 8.86. The first-order chi connectivity index (χ1) is 12.6. The molecule has 9 nitrogen and oxygen atoms in total. The standard InChI is InChI=1S/C17H24N6O3/c1-13-12-15(21-26-13)20-16(24)14-4-10-22(11-5-14)17(25)18-6-2-8-23-9-3-7-19-23/h3,7,9,12,14H,2,4-6,8,10-11H2,1H3,(H,18,25)(H,20,21,24). The van der Waals surface area contributed by atoms with E-state index in [0.717, 1.165) is 13.0 Å². The third kappa shape index (κ3) is 4.84. The minimum atomic E-state index is -0.115. The van der Waals surface area contributed by atoms with Crippen molar-refractivity contribution in [3.63, 3.8) is 0 Å². The van der Waals surface area contributed by atoms with Crippen LogP contribution in [0.1, 0.15) is 25.0 Å². The van der Waals surface area contributed by atoms with Crippen molar-refractivity contribution in [3.05, 3.63) is 30.3 Å². The van der Waals surface area contributed by atoms with Gasteiger partial charge < -0.3 is 20.1 Å². The van der Waals surface area contributed by atoms with Crippen LogP contribution in [0.4, 0.5) is 10.6 Å². The fraction of sp³-hybridized carbons (Fsp3) is 0.529. The first-order valence-electron chi connectivity index (χ1n) is 8.86. The molecule has 2 aromatic heterocycles. The third-order valence-electron chi connectivity index (χ3n) is 4.43. The lowest BCUT2D eigenvalue weighted by Crippen LogP contribution is -2.46. The van der Waals surface area contributed by atoms with E-state index in [-0.39, 0.29) is 17.9 Å². The lowest BCUT2D eigenvalue weighted by Gasteiger charge is -2.31. The number of hydrogen-bond acceptors (Lipinski definition) is 5. The van der Waals surface area contributed by atoms with Crippen molar-refractivity contribution in [1.82, 2.24) is 25.2 Å². The Morgan fingerprint density at radius 3 is 2.81 bits per heavy atom. The normalized spacial score (nSPS) is 15.0. The molecule has 0 aliphatic carbocycles. The van der Waals surface area contributed by atoms with Gasteiger partial charge >= 0.3 is 6.03 Å². The van der Waals surface area contributed by atoms with Crippen molar-refractivity contribution in [1.29, 1.82) is 0 Å². The van der Waals surface area contributed by atoms with Crippen LogP contribution in [0, 0.1) is 12.8 Å². The number of nitrogens with zero attached hydrogens (tertiary/aromatic N) is 4. The molecule has 1 fully saturated rings. The fourth-order valence-electron chi connectivity index (χ4n) is 2.98. The Morgan fingerprint density at radius 2 is 2.15 bits per heavy atom. The first kappa shape index (κ1) is 18.0. The molecule has 0 spiro atoms. The topological polar surface area (TPSA) is 105 Å². The number of urea groups is 1. The summed E-state index contributed by atoms with van der Waals surface area (Å²) in [7, 11) is 0. The van der Waals surface area contributed by atoms with Crippen molar-refractivity contribution in [2.45, 2.75) is 32.7 Å². The van der Waals surface area contributed by atoms with Crippen LogP contribution in [0.3, 0.4) is 0 Å². The fourth-order valence-corrected chi connectivity index (χ4v) is 2.98. The molecule has 3 rings (SSSR count). The summed E-state index contributed by atoms with van der Waals surface area (Å²) in [6, 6.07) is 3.49. The van der Waals surface area contributed by atoms with E-state index in [1.54, 1.807) is 24.1 Å². The van der Waals surface area contributed by atoms with Crippen LogP contribution >= 0.6 is 0 Å². The molecular formula is C17H24N6O3. The van der Waals surface area contributed by atoms with E-state index >= 15 is 0 Å². The molecule has 9 heteroatoms. The molecule has 2 N–H and O–H groups in total. The van der Waals surface area contributed by atoms with E-state index in [1.165, 1.54) is 0 Å². The summed E-state index contributed by atoms with van der Waals surface area (Å²) in [5.74, 6) is 0.901. The van der Waals surface area contributed by atoms with E-state index in [0.29, 0.717) is 44.1 Å². The Labute approximate surface area is 151 Å². The van der Waals surface area contributed by atoms with E-state index < -0.39 is 0 Å². The molecule has 2 aromatic rings. The van der Waals surface area contributed by atoms with Crippen molar-refractivity contribution in [3.8, 4) is 0 Å². The second-order valence-electron chi connectivity index (χ2n) is 6.43. The summed E-state index contributed by atoms with van der Waals surface area (Å²) in [4.78, 5) is 26.2. The van der Waals surface area contributed by atoms with Gasteiger partial charge in [0.05, 0.1) is 0 Å². The minimum Gasteiger partial charge on any atom is -0.360 e. The van der Waals surface area contributed by atoms with Crippen LogP contribution < -0.4 is 10.6 Å². The average molecular weight is 360 g/mol. The number of likely N-dealkylation sites (tertiary alicyclic amines) is 1. The number of anilines is 1. The molecule has 0 aromatic carbocycles. The summed E-state index contributed by atoms with van der Waals surface area (Å²) < 4.78 is 6.78. The number of carbonyl (C=O) groups is 2. The number of nitrogens with one attached hydrogen (secondary N) is 2. The molecule has 3 amide bonds. The maximum Gasteiger partial charge on any atom is 0.317 e. The summed E-state index contributed by atoms with van der Waals surface area (Å²) in [6.07, 6.45) is 5.75. The summed E-state index contributed by atoms with van der Waals surface area (Å²) >= 11 is 0. The zero-order valence-corrected chi connectivity index (χ0v) is 14.9. The molecule has 0 unspecified atom stereocenters. The largest absolute Gasteiger partial charge is 0.360 e. The van der Waals surface area contributed by atoms with E-state index in [2.05, 4.69) is 20.9 Å². The van der Waals surface area contributed by atoms with Crippen molar-refractivity contribution >= 4 is 17.8 Å². The maximum absolute atomic E-state index is 12.3. The highest BCUT2D eigenvalue weighted by Crippen LogP contribution is 2.19. The number of rotatable bonds is 6. The van der Waals surface area contributed by atoms with Crippen LogP contribution in [0.25, 0.3) is 0 Å². The van der Waals surface area contributed by atoms with Gasteiger partial charge in [0.25, 0.3) is 0 Å². The minimum absolute atomic E-state index is 0.0717. The van der Waals surface area contributed by atoms with E-state index in [4.69, 9.17) is 4.52 Å². The Balaban J connectivity index is 1.34. The van der Waals surface area contributed by atoms with Crippen molar-refractivity contribution < 1.29 is 14.1 Å². The van der Waals surface area contributed by atoms with Crippen LogP contribution in [-0.4, -0.2) is 51.4 Å². The average Bonchev–Trinajstić information content (AvgIpc) is 3.30. The number of amides is 3. The van der Waals surface area contributed by atoms with Gasteiger partial charge in [0.1, 0.15) is 5.76 Å². The van der Waals surface area contributed by atoms with Crippen LogP contribution in [0.5, 0.6) is 0 Å². The van der Waals surface area contributed by atoms with Gasteiger partial charge in [0.2, 0.25) is 5.91 Å². The summed E-state index contributed by atoms with van der Waals surface area (Å²) in [6.45, 7) is 4.29. The molecular weight excluding hydrogens is 336 g/mol.